The van der Waals surface area contributed by atoms with Crippen LogP contribution in [0.2, 0.25) is 5.02 Å². The Labute approximate surface area is 197 Å². The van der Waals surface area contributed by atoms with E-state index in [4.69, 9.17) is 16.0 Å². The Morgan fingerprint density at radius 2 is 1.97 bits per heavy atom. The van der Waals surface area contributed by atoms with Crippen LogP contribution in [-0.2, 0) is 16.0 Å². The van der Waals surface area contributed by atoms with E-state index in [0.29, 0.717) is 39.6 Å². The average Bonchev–Trinajstić information content (AvgIpc) is 3.42. The van der Waals surface area contributed by atoms with Gasteiger partial charge in [0.2, 0.25) is 11.8 Å². The van der Waals surface area contributed by atoms with Gasteiger partial charge in [-0.2, -0.15) is 0 Å². The Morgan fingerprint density at radius 1 is 1.15 bits per heavy atom. The molecule has 0 aliphatic carbocycles. The molecular weight excluding hydrogens is 467 g/mol. The summed E-state index contributed by atoms with van der Waals surface area (Å²) < 4.78 is 20.1. The molecule has 4 aromatic rings. The van der Waals surface area contributed by atoms with E-state index >= 15 is 0 Å². The molecule has 2 aromatic carbocycles. The molecule has 0 aliphatic heterocycles. The maximum Gasteiger partial charge on any atom is 0.226 e. The number of carbonyl (C=O) groups is 2. The lowest BCUT2D eigenvalue weighted by molar-refractivity contribution is -0.116. The van der Waals surface area contributed by atoms with Gasteiger partial charge in [-0.05, 0) is 30.3 Å². The van der Waals surface area contributed by atoms with Crippen molar-refractivity contribution in [2.45, 2.75) is 19.8 Å². The summed E-state index contributed by atoms with van der Waals surface area (Å²) in [5, 5.41) is 7.78. The van der Waals surface area contributed by atoms with Crippen molar-refractivity contribution in [3.63, 3.8) is 0 Å². The zero-order chi connectivity index (χ0) is 23.4. The van der Waals surface area contributed by atoms with Crippen LogP contribution in [0.15, 0.2) is 58.5 Å². The third kappa shape index (κ3) is 5.63. The first kappa shape index (κ1) is 22.6. The normalized spacial score (nSPS) is 10.8. The summed E-state index contributed by atoms with van der Waals surface area (Å²) in [4.78, 5) is 31.9. The molecule has 0 spiro atoms. The van der Waals surface area contributed by atoms with Gasteiger partial charge in [-0.15, -0.1) is 11.3 Å². The van der Waals surface area contributed by atoms with E-state index in [0.717, 1.165) is 5.56 Å². The Balaban J connectivity index is 1.35. The molecule has 7 nitrogen and oxygen atoms in total. The Bertz CT molecular complexity index is 1320. The van der Waals surface area contributed by atoms with Crippen molar-refractivity contribution >= 4 is 45.6 Å². The number of carbonyl (C=O) groups excluding carboxylic acids is 2. The van der Waals surface area contributed by atoms with Crippen LogP contribution in [0.3, 0.4) is 0 Å². The number of aryl methyl sites for hydroxylation is 1. The molecule has 2 amide bonds. The number of nitrogens with one attached hydrogen (secondary N) is 2. The number of rotatable bonds is 7. The summed E-state index contributed by atoms with van der Waals surface area (Å²) in [6.45, 7) is 1.35. The number of halogens is 2. The van der Waals surface area contributed by atoms with Crippen molar-refractivity contribution in [2.24, 2.45) is 0 Å². The number of amides is 2. The standard InChI is InChI=1S/C23H18ClFN4O3S/c1-13(30)27-14-6-7-16(18(25)10-14)19-12-33-23(28-19)29-21(31)8-9-22-26-11-20(32-22)15-4-2-3-5-17(15)24/h2-7,10-12H,8-9H2,1H3,(H,27,30)(H,28,29,31). The molecule has 10 heteroatoms. The van der Waals surface area contributed by atoms with Crippen molar-refractivity contribution in [3.05, 3.63) is 70.8 Å². The van der Waals surface area contributed by atoms with Crippen LogP contribution in [0.1, 0.15) is 19.2 Å². The minimum Gasteiger partial charge on any atom is -0.441 e. The molecule has 0 bridgehead atoms. The molecular formula is C23H18ClFN4O3S. The number of thiazole rings is 1. The number of aromatic nitrogens is 2. The van der Waals surface area contributed by atoms with E-state index < -0.39 is 5.82 Å². The highest BCUT2D eigenvalue weighted by Crippen LogP contribution is 2.30. The van der Waals surface area contributed by atoms with Gasteiger partial charge >= 0.3 is 0 Å². The summed E-state index contributed by atoms with van der Waals surface area (Å²) in [5.74, 6) is -0.128. The number of anilines is 2. The Hall–Kier alpha value is -3.56. The number of oxazole rings is 1. The monoisotopic (exact) mass is 484 g/mol. The van der Waals surface area contributed by atoms with Crippen LogP contribution in [-0.4, -0.2) is 21.8 Å². The van der Waals surface area contributed by atoms with E-state index in [2.05, 4.69) is 20.6 Å². The van der Waals surface area contributed by atoms with Gasteiger partial charge in [0.15, 0.2) is 16.8 Å². The molecule has 0 radical (unpaired) electrons. The molecule has 33 heavy (non-hydrogen) atoms. The maximum absolute atomic E-state index is 14.4. The first-order valence-corrected chi connectivity index (χ1v) is 11.2. The maximum atomic E-state index is 14.4. The summed E-state index contributed by atoms with van der Waals surface area (Å²) >= 11 is 7.36. The van der Waals surface area contributed by atoms with Gasteiger partial charge in [-0.1, -0.05) is 23.7 Å². The Kier molecular flexibility index (Phi) is 6.81. The zero-order valence-corrected chi connectivity index (χ0v) is 19.0. The summed E-state index contributed by atoms with van der Waals surface area (Å²) in [6, 6.07) is 11.6. The molecule has 0 saturated carbocycles. The number of hydrogen-bond acceptors (Lipinski definition) is 6. The van der Waals surface area contributed by atoms with Gasteiger partial charge in [0, 0.05) is 42.0 Å². The summed E-state index contributed by atoms with van der Waals surface area (Å²) in [6.07, 6.45) is 2.01. The Morgan fingerprint density at radius 3 is 2.73 bits per heavy atom. The van der Waals surface area contributed by atoms with Crippen molar-refractivity contribution in [3.8, 4) is 22.6 Å². The van der Waals surface area contributed by atoms with Crippen LogP contribution in [0, 0.1) is 5.82 Å². The molecule has 0 unspecified atom stereocenters. The number of nitrogens with zero attached hydrogens (tertiary/aromatic N) is 2. The summed E-state index contributed by atoms with van der Waals surface area (Å²) in [5.41, 5.74) is 1.75. The second-order valence-corrected chi connectivity index (χ2v) is 8.33. The zero-order valence-electron chi connectivity index (χ0n) is 17.4. The fourth-order valence-electron chi connectivity index (χ4n) is 3.07. The van der Waals surface area contributed by atoms with E-state index in [-0.39, 0.29) is 23.8 Å². The number of benzene rings is 2. The van der Waals surface area contributed by atoms with Crippen LogP contribution in [0.25, 0.3) is 22.6 Å². The third-order valence-corrected chi connectivity index (χ3v) is 5.66. The second-order valence-electron chi connectivity index (χ2n) is 7.06. The SMILES string of the molecule is CC(=O)Nc1ccc(-c2csc(NC(=O)CCc3ncc(-c4ccccc4Cl)o3)n2)c(F)c1. The fraction of sp³-hybridized carbons (Fsp3) is 0.130. The lowest BCUT2D eigenvalue weighted by atomic mass is 10.1. The summed E-state index contributed by atoms with van der Waals surface area (Å²) in [7, 11) is 0. The first-order valence-electron chi connectivity index (χ1n) is 9.91. The van der Waals surface area contributed by atoms with Crippen LogP contribution in [0.5, 0.6) is 0 Å². The second kappa shape index (κ2) is 9.93. The average molecular weight is 485 g/mol. The van der Waals surface area contributed by atoms with Crippen LogP contribution in [0.4, 0.5) is 15.2 Å². The molecule has 0 aliphatic rings. The highest BCUT2D eigenvalue weighted by Gasteiger charge is 2.14. The van der Waals surface area contributed by atoms with Gasteiger partial charge in [0.1, 0.15) is 5.82 Å². The predicted octanol–water partition coefficient (Wildman–Crippen LogP) is 5.79. The van der Waals surface area contributed by atoms with E-state index in [1.165, 1.54) is 30.4 Å². The minimum absolute atomic E-state index is 0.136. The van der Waals surface area contributed by atoms with Crippen LogP contribution >= 0.6 is 22.9 Å². The lowest BCUT2D eigenvalue weighted by Crippen LogP contribution is -2.12. The molecule has 4 rings (SSSR count). The topological polar surface area (TPSA) is 97.1 Å². The van der Waals surface area contributed by atoms with Gasteiger partial charge < -0.3 is 15.1 Å². The molecule has 2 N–H and O–H groups in total. The van der Waals surface area contributed by atoms with E-state index in [9.17, 15) is 14.0 Å². The van der Waals surface area contributed by atoms with Gasteiger partial charge in [-0.25, -0.2) is 14.4 Å². The van der Waals surface area contributed by atoms with Crippen LogP contribution < -0.4 is 10.6 Å². The van der Waals surface area contributed by atoms with Crippen molar-refractivity contribution < 1.29 is 18.4 Å². The molecule has 0 fully saturated rings. The lowest BCUT2D eigenvalue weighted by Gasteiger charge is -2.05. The first-order chi connectivity index (χ1) is 15.9. The van der Waals surface area contributed by atoms with E-state index in [1.54, 1.807) is 23.7 Å². The largest absolute Gasteiger partial charge is 0.441 e. The highest BCUT2D eigenvalue weighted by molar-refractivity contribution is 7.14. The number of hydrogen-bond donors (Lipinski definition) is 2. The molecule has 2 heterocycles. The van der Waals surface area contributed by atoms with Gasteiger partial charge in [-0.3, -0.25) is 9.59 Å². The predicted molar refractivity (Wildman–Crippen MR) is 126 cm³/mol. The third-order valence-electron chi connectivity index (χ3n) is 4.57. The van der Waals surface area contributed by atoms with Gasteiger partial charge in [0.05, 0.1) is 16.9 Å². The smallest absolute Gasteiger partial charge is 0.226 e. The van der Waals surface area contributed by atoms with Crippen molar-refractivity contribution in [2.75, 3.05) is 10.6 Å². The van der Waals surface area contributed by atoms with Crippen molar-refractivity contribution in [1.82, 2.24) is 9.97 Å². The minimum atomic E-state index is -0.525. The molecule has 168 valence electrons. The van der Waals surface area contributed by atoms with Crippen molar-refractivity contribution in [1.29, 1.82) is 0 Å². The van der Waals surface area contributed by atoms with Gasteiger partial charge in [0.25, 0.3) is 0 Å². The van der Waals surface area contributed by atoms with E-state index in [1.807, 2.05) is 18.2 Å². The molecule has 2 aromatic heterocycles. The molecule has 0 saturated heterocycles. The quantitative estimate of drug-likeness (QED) is 0.346. The fourth-order valence-corrected chi connectivity index (χ4v) is 4.03. The molecule has 0 atom stereocenters. The highest BCUT2D eigenvalue weighted by atomic mass is 35.5.